The molecule has 0 radical (unpaired) electrons. The van der Waals surface area contributed by atoms with Gasteiger partial charge in [-0.05, 0) is 24.2 Å². The van der Waals surface area contributed by atoms with E-state index >= 15 is 0 Å². The van der Waals surface area contributed by atoms with Crippen LogP contribution in [0.5, 0.6) is 0 Å². The van der Waals surface area contributed by atoms with Gasteiger partial charge in [0, 0.05) is 0 Å². The molecule has 0 aromatic heterocycles. The van der Waals surface area contributed by atoms with Gasteiger partial charge in [0.25, 0.3) is 0 Å². The lowest BCUT2D eigenvalue weighted by Crippen LogP contribution is -2.06. The molecule has 21 heavy (non-hydrogen) atoms. The van der Waals surface area contributed by atoms with Crippen molar-refractivity contribution in [3.63, 3.8) is 0 Å². The van der Waals surface area contributed by atoms with E-state index in [1.165, 1.54) is 32.1 Å². The first-order valence-electron chi connectivity index (χ1n) is 8.11. The molecule has 0 fully saturated rings. The van der Waals surface area contributed by atoms with Crippen molar-refractivity contribution >= 4 is 7.82 Å². The molecule has 0 aromatic carbocycles. The molecular weight excluding hydrogens is 291 g/mol. The highest BCUT2D eigenvalue weighted by molar-refractivity contribution is 7.47. The van der Waals surface area contributed by atoms with Crippen LogP contribution >= 0.6 is 7.82 Å². The van der Waals surface area contributed by atoms with Crippen molar-refractivity contribution in [1.82, 2.24) is 0 Å². The normalized spacial score (nSPS) is 19.0. The van der Waals surface area contributed by atoms with Gasteiger partial charge in [0.2, 0.25) is 0 Å². The summed E-state index contributed by atoms with van der Waals surface area (Å²) in [6, 6.07) is 0. The minimum Gasteiger partial charge on any atom is -0.301 e. The van der Waals surface area contributed by atoms with E-state index in [2.05, 4.69) is 30.0 Å². The van der Waals surface area contributed by atoms with Gasteiger partial charge in [0.15, 0.2) is 0 Å². The van der Waals surface area contributed by atoms with Crippen LogP contribution in [0, 0.1) is 17.8 Å². The van der Waals surface area contributed by atoms with Crippen LogP contribution in [0.4, 0.5) is 0 Å². The maximum atomic E-state index is 10.9. The Morgan fingerprint density at radius 2 is 1.43 bits per heavy atom. The zero-order valence-electron chi connectivity index (χ0n) is 14.0. The predicted octanol–water partition coefficient (Wildman–Crippen LogP) is 5.25. The minimum absolute atomic E-state index is 0.122. The molecule has 0 rings (SSSR count). The van der Waals surface area contributed by atoms with Crippen molar-refractivity contribution in [2.45, 2.75) is 72.6 Å². The van der Waals surface area contributed by atoms with Crippen LogP contribution in [0.2, 0.25) is 0 Å². The Kier molecular flexibility index (Phi) is 11.7. The van der Waals surface area contributed by atoms with Crippen molar-refractivity contribution < 1.29 is 23.9 Å². The summed E-state index contributed by atoms with van der Waals surface area (Å²) in [6.45, 7) is 8.92. The first-order chi connectivity index (χ1) is 9.80. The van der Waals surface area contributed by atoms with Gasteiger partial charge in [-0.15, -0.1) is 4.67 Å². The van der Waals surface area contributed by atoms with Crippen LogP contribution in [0.1, 0.15) is 72.6 Å². The summed E-state index contributed by atoms with van der Waals surface area (Å²) in [7, 11) is -4.25. The SMILES string of the molecule is CCC(C)CCCC(C)CCCC(C)COP(=O)(O)OO. The Labute approximate surface area is 129 Å². The third-order valence-corrected chi connectivity index (χ3v) is 4.79. The summed E-state index contributed by atoms with van der Waals surface area (Å²) in [6.07, 6.45) is 8.37. The quantitative estimate of drug-likeness (QED) is 0.275. The molecule has 2 N–H and O–H groups in total. The highest BCUT2D eigenvalue weighted by atomic mass is 31.2. The highest BCUT2D eigenvalue weighted by Crippen LogP contribution is 2.42. The molecule has 0 heterocycles. The van der Waals surface area contributed by atoms with Crippen LogP contribution < -0.4 is 0 Å². The molecule has 0 aliphatic heterocycles. The first kappa shape index (κ1) is 21.1. The van der Waals surface area contributed by atoms with E-state index in [4.69, 9.17) is 10.2 Å². The minimum atomic E-state index is -4.25. The summed E-state index contributed by atoms with van der Waals surface area (Å²) in [5.74, 6) is 1.73. The molecule has 6 heteroatoms. The van der Waals surface area contributed by atoms with E-state index in [9.17, 15) is 4.57 Å². The lowest BCUT2D eigenvalue weighted by molar-refractivity contribution is -0.163. The van der Waals surface area contributed by atoms with Crippen LogP contribution in [0.3, 0.4) is 0 Å². The Morgan fingerprint density at radius 1 is 0.952 bits per heavy atom. The highest BCUT2D eigenvalue weighted by Gasteiger charge is 2.21. The van der Waals surface area contributed by atoms with Gasteiger partial charge in [0.05, 0.1) is 6.61 Å². The lowest BCUT2D eigenvalue weighted by atomic mass is 9.93. The number of hydrogen-bond acceptors (Lipinski definition) is 4. The molecule has 0 bridgehead atoms. The lowest BCUT2D eigenvalue weighted by Gasteiger charge is -2.16. The Bertz CT molecular complexity index is 298. The van der Waals surface area contributed by atoms with Crippen LogP contribution in [0.25, 0.3) is 0 Å². The summed E-state index contributed by atoms with van der Waals surface area (Å²) in [4.78, 5) is 8.91. The van der Waals surface area contributed by atoms with Gasteiger partial charge in [-0.3, -0.25) is 4.52 Å². The van der Waals surface area contributed by atoms with Crippen LogP contribution in [-0.2, 0) is 13.8 Å². The maximum absolute atomic E-state index is 10.9. The van der Waals surface area contributed by atoms with E-state index < -0.39 is 7.82 Å². The average molecular weight is 324 g/mol. The van der Waals surface area contributed by atoms with Crippen molar-refractivity contribution in [2.75, 3.05) is 6.61 Å². The second kappa shape index (κ2) is 11.6. The smallest absolute Gasteiger partial charge is 0.301 e. The van der Waals surface area contributed by atoms with E-state index in [0.717, 1.165) is 24.7 Å². The monoisotopic (exact) mass is 324 g/mol. The Balaban J connectivity index is 3.61. The molecule has 0 aliphatic rings. The molecule has 0 aromatic rings. The molecule has 0 saturated carbocycles. The van der Waals surface area contributed by atoms with Gasteiger partial charge in [0.1, 0.15) is 0 Å². The topological polar surface area (TPSA) is 76.0 Å². The van der Waals surface area contributed by atoms with Crippen molar-refractivity contribution in [1.29, 1.82) is 0 Å². The third-order valence-electron chi connectivity index (χ3n) is 4.11. The molecule has 0 spiro atoms. The summed E-state index contributed by atoms with van der Waals surface area (Å²) in [5.41, 5.74) is 0. The molecule has 0 saturated heterocycles. The number of phosphoric ester groups is 1. The molecule has 128 valence electrons. The molecule has 5 nitrogen and oxygen atoms in total. The van der Waals surface area contributed by atoms with Gasteiger partial charge >= 0.3 is 7.82 Å². The largest absolute Gasteiger partial charge is 0.499 e. The average Bonchev–Trinajstić information content (AvgIpc) is 2.45. The zero-order valence-corrected chi connectivity index (χ0v) is 14.8. The molecule has 4 unspecified atom stereocenters. The van der Waals surface area contributed by atoms with E-state index in [1.54, 1.807) is 0 Å². The molecule has 0 aliphatic carbocycles. The molecule has 4 atom stereocenters. The van der Waals surface area contributed by atoms with E-state index in [-0.39, 0.29) is 12.5 Å². The van der Waals surface area contributed by atoms with E-state index in [0.29, 0.717) is 0 Å². The number of rotatable bonds is 13. The van der Waals surface area contributed by atoms with Gasteiger partial charge in [-0.2, -0.15) is 0 Å². The fraction of sp³-hybridized carbons (Fsp3) is 1.00. The van der Waals surface area contributed by atoms with Gasteiger partial charge < -0.3 is 4.89 Å². The van der Waals surface area contributed by atoms with Crippen molar-refractivity contribution in [2.24, 2.45) is 17.8 Å². The predicted molar refractivity (Wildman–Crippen MR) is 85.0 cm³/mol. The Morgan fingerprint density at radius 3 is 1.90 bits per heavy atom. The van der Waals surface area contributed by atoms with Crippen molar-refractivity contribution in [3.05, 3.63) is 0 Å². The fourth-order valence-corrected chi connectivity index (χ4v) is 2.80. The summed E-state index contributed by atoms with van der Waals surface area (Å²) in [5, 5.41) is 8.16. The molecule has 0 amide bonds. The van der Waals surface area contributed by atoms with Crippen LogP contribution in [0.15, 0.2) is 0 Å². The fourth-order valence-electron chi connectivity index (χ4n) is 2.31. The zero-order chi connectivity index (χ0) is 16.3. The van der Waals surface area contributed by atoms with Crippen molar-refractivity contribution in [3.8, 4) is 0 Å². The van der Waals surface area contributed by atoms with Gasteiger partial charge in [-0.25, -0.2) is 9.82 Å². The van der Waals surface area contributed by atoms with Gasteiger partial charge in [-0.1, -0.05) is 66.2 Å². The summed E-state index contributed by atoms with van der Waals surface area (Å²) < 4.78 is 19.0. The third kappa shape index (κ3) is 12.3. The standard InChI is InChI=1S/C15H33O5P/c1-5-13(2)8-6-9-14(3)10-7-11-15(4)12-19-21(17,18)20-16/h13-16H,5-12H2,1-4H3,(H,17,18). The number of phosphoric acid groups is 1. The molecular formula is C15H33O5P. The maximum Gasteiger partial charge on any atom is 0.499 e. The second-order valence-corrected chi connectivity index (χ2v) is 7.79. The Hall–Kier alpha value is 0.0700. The van der Waals surface area contributed by atoms with E-state index in [1.807, 2.05) is 6.92 Å². The second-order valence-electron chi connectivity index (χ2n) is 6.43. The number of hydrogen-bond donors (Lipinski definition) is 2. The first-order valence-corrected chi connectivity index (χ1v) is 9.60. The van der Waals surface area contributed by atoms with Crippen LogP contribution in [-0.4, -0.2) is 16.8 Å². The summed E-state index contributed by atoms with van der Waals surface area (Å²) >= 11 is 0.